The SMILES string of the molecule is Cc1ccc(C)c(-c2ccc(=O)n(CC(=O)Nc3c(C)cccc3C)n2)c1. The summed E-state index contributed by atoms with van der Waals surface area (Å²) < 4.78 is 1.21. The molecule has 0 radical (unpaired) electrons. The monoisotopic (exact) mass is 361 g/mol. The first-order valence-electron chi connectivity index (χ1n) is 8.87. The van der Waals surface area contributed by atoms with E-state index in [0.29, 0.717) is 5.69 Å². The Hall–Kier alpha value is -3.21. The number of hydrogen-bond acceptors (Lipinski definition) is 3. The van der Waals surface area contributed by atoms with Crippen molar-refractivity contribution in [2.45, 2.75) is 34.2 Å². The van der Waals surface area contributed by atoms with E-state index in [1.54, 1.807) is 6.07 Å². The van der Waals surface area contributed by atoms with Crippen molar-refractivity contribution in [1.82, 2.24) is 9.78 Å². The molecule has 3 aromatic rings. The van der Waals surface area contributed by atoms with Gasteiger partial charge in [0.25, 0.3) is 5.56 Å². The lowest BCUT2D eigenvalue weighted by atomic mass is 10.0. The smallest absolute Gasteiger partial charge is 0.267 e. The molecule has 27 heavy (non-hydrogen) atoms. The summed E-state index contributed by atoms with van der Waals surface area (Å²) in [6.07, 6.45) is 0. The van der Waals surface area contributed by atoms with Gasteiger partial charge in [-0.1, -0.05) is 35.9 Å². The number of nitrogens with one attached hydrogen (secondary N) is 1. The van der Waals surface area contributed by atoms with Crippen LogP contribution in [0.1, 0.15) is 22.3 Å². The molecule has 2 aromatic carbocycles. The van der Waals surface area contributed by atoms with E-state index in [4.69, 9.17) is 0 Å². The second-order valence-corrected chi connectivity index (χ2v) is 6.85. The van der Waals surface area contributed by atoms with Crippen molar-refractivity contribution in [2.75, 3.05) is 5.32 Å². The van der Waals surface area contributed by atoms with Crippen molar-refractivity contribution in [3.05, 3.63) is 81.1 Å². The van der Waals surface area contributed by atoms with E-state index in [-0.39, 0.29) is 18.0 Å². The second-order valence-electron chi connectivity index (χ2n) is 6.85. The molecule has 0 unspecified atom stereocenters. The highest BCUT2D eigenvalue weighted by Gasteiger charge is 2.11. The van der Waals surface area contributed by atoms with E-state index in [1.165, 1.54) is 10.7 Å². The minimum atomic E-state index is -0.305. The van der Waals surface area contributed by atoms with Crippen molar-refractivity contribution in [3.63, 3.8) is 0 Å². The van der Waals surface area contributed by atoms with Gasteiger partial charge >= 0.3 is 0 Å². The minimum absolute atomic E-state index is 0.134. The van der Waals surface area contributed by atoms with Crippen LogP contribution < -0.4 is 10.9 Å². The molecular formula is C22H23N3O2. The summed E-state index contributed by atoms with van der Waals surface area (Å²) in [6, 6.07) is 15.1. The van der Waals surface area contributed by atoms with Crippen molar-refractivity contribution in [3.8, 4) is 11.3 Å². The number of anilines is 1. The number of aromatic nitrogens is 2. The van der Waals surface area contributed by atoms with E-state index >= 15 is 0 Å². The Morgan fingerprint density at radius 1 is 0.963 bits per heavy atom. The number of aryl methyl sites for hydroxylation is 4. The molecule has 0 saturated heterocycles. The fourth-order valence-corrected chi connectivity index (χ4v) is 3.04. The molecule has 0 saturated carbocycles. The second kappa shape index (κ2) is 7.58. The van der Waals surface area contributed by atoms with Gasteiger partial charge in [0, 0.05) is 17.3 Å². The van der Waals surface area contributed by atoms with Crippen LogP contribution in [0.25, 0.3) is 11.3 Å². The molecule has 0 aliphatic carbocycles. The summed E-state index contributed by atoms with van der Waals surface area (Å²) in [5.41, 5.74) is 6.25. The minimum Gasteiger partial charge on any atom is -0.324 e. The van der Waals surface area contributed by atoms with Crippen LogP contribution in [0.15, 0.2) is 53.3 Å². The zero-order valence-electron chi connectivity index (χ0n) is 16.0. The molecule has 3 rings (SSSR count). The van der Waals surface area contributed by atoms with Gasteiger partial charge in [-0.05, 0) is 56.5 Å². The number of benzene rings is 2. The van der Waals surface area contributed by atoms with Crippen molar-refractivity contribution in [1.29, 1.82) is 0 Å². The number of para-hydroxylation sites is 1. The fourth-order valence-electron chi connectivity index (χ4n) is 3.04. The third kappa shape index (κ3) is 4.14. The van der Waals surface area contributed by atoms with Crippen LogP contribution in [0.4, 0.5) is 5.69 Å². The summed E-state index contributed by atoms with van der Waals surface area (Å²) in [5, 5.41) is 7.31. The Balaban J connectivity index is 1.88. The van der Waals surface area contributed by atoms with Gasteiger partial charge in [-0.2, -0.15) is 5.10 Å². The predicted octanol–water partition coefficient (Wildman–Crippen LogP) is 3.78. The highest BCUT2D eigenvalue weighted by Crippen LogP contribution is 2.22. The average molecular weight is 361 g/mol. The summed E-state index contributed by atoms with van der Waals surface area (Å²) >= 11 is 0. The van der Waals surface area contributed by atoms with Crippen LogP contribution in [0, 0.1) is 27.7 Å². The first-order valence-corrected chi connectivity index (χ1v) is 8.87. The standard InChI is InChI=1S/C22H23N3O2/c1-14-8-9-15(2)18(12-14)19-10-11-21(27)25(24-19)13-20(26)23-22-16(3)6-5-7-17(22)4/h5-12H,13H2,1-4H3,(H,23,26). The van der Waals surface area contributed by atoms with Crippen molar-refractivity contribution < 1.29 is 4.79 Å². The molecule has 1 amide bonds. The van der Waals surface area contributed by atoms with Crippen LogP contribution in [0.2, 0.25) is 0 Å². The summed E-state index contributed by atoms with van der Waals surface area (Å²) in [6.45, 7) is 7.75. The molecule has 5 heteroatoms. The van der Waals surface area contributed by atoms with Gasteiger partial charge in [-0.3, -0.25) is 9.59 Å². The predicted molar refractivity (Wildman–Crippen MR) is 108 cm³/mol. The Morgan fingerprint density at radius 2 is 1.67 bits per heavy atom. The third-order valence-electron chi connectivity index (χ3n) is 4.57. The molecule has 5 nitrogen and oxygen atoms in total. The Morgan fingerprint density at radius 3 is 2.37 bits per heavy atom. The summed E-state index contributed by atoms with van der Waals surface area (Å²) in [4.78, 5) is 24.7. The molecule has 1 N–H and O–H groups in total. The lowest BCUT2D eigenvalue weighted by Gasteiger charge is -2.13. The van der Waals surface area contributed by atoms with Gasteiger partial charge in [0.15, 0.2) is 0 Å². The van der Waals surface area contributed by atoms with Crippen LogP contribution in [-0.4, -0.2) is 15.7 Å². The maximum absolute atomic E-state index is 12.5. The van der Waals surface area contributed by atoms with Crippen LogP contribution in [-0.2, 0) is 11.3 Å². The molecule has 0 aliphatic heterocycles. The number of carbonyl (C=O) groups excluding carboxylic acids is 1. The zero-order chi connectivity index (χ0) is 19.6. The maximum Gasteiger partial charge on any atom is 0.267 e. The highest BCUT2D eigenvalue weighted by atomic mass is 16.2. The summed E-state index contributed by atoms with van der Waals surface area (Å²) in [7, 11) is 0. The lowest BCUT2D eigenvalue weighted by molar-refractivity contribution is -0.117. The van der Waals surface area contributed by atoms with E-state index in [9.17, 15) is 9.59 Å². The van der Waals surface area contributed by atoms with Gasteiger partial charge < -0.3 is 5.32 Å². The van der Waals surface area contributed by atoms with E-state index in [2.05, 4.69) is 10.4 Å². The number of amides is 1. The van der Waals surface area contributed by atoms with Crippen molar-refractivity contribution >= 4 is 11.6 Å². The van der Waals surface area contributed by atoms with Gasteiger partial charge in [-0.15, -0.1) is 0 Å². The Labute approximate surface area is 158 Å². The maximum atomic E-state index is 12.5. The molecule has 0 bridgehead atoms. The number of nitrogens with zero attached hydrogens (tertiary/aromatic N) is 2. The molecular weight excluding hydrogens is 338 g/mol. The molecule has 1 heterocycles. The number of carbonyl (C=O) groups is 1. The van der Waals surface area contributed by atoms with E-state index < -0.39 is 0 Å². The molecule has 0 aliphatic rings. The third-order valence-corrected chi connectivity index (χ3v) is 4.57. The van der Waals surface area contributed by atoms with Crippen LogP contribution in [0.3, 0.4) is 0 Å². The quantitative estimate of drug-likeness (QED) is 0.769. The largest absolute Gasteiger partial charge is 0.324 e. The molecule has 0 spiro atoms. The van der Waals surface area contributed by atoms with Crippen LogP contribution in [0.5, 0.6) is 0 Å². The van der Waals surface area contributed by atoms with E-state index in [0.717, 1.165) is 33.5 Å². The van der Waals surface area contributed by atoms with Gasteiger partial charge in [-0.25, -0.2) is 4.68 Å². The molecule has 138 valence electrons. The van der Waals surface area contributed by atoms with Crippen molar-refractivity contribution in [2.24, 2.45) is 0 Å². The first kappa shape index (κ1) is 18.6. The summed E-state index contributed by atoms with van der Waals surface area (Å²) in [5.74, 6) is -0.278. The zero-order valence-corrected chi connectivity index (χ0v) is 16.0. The normalized spacial score (nSPS) is 10.7. The molecule has 0 atom stereocenters. The molecule has 1 aromatic heterocycles. The Kier molecular flexibility index (Phi) is 5.21. The van der Waals surface area contributed by atoms with Gasteiger partial charge in [0.05, 0.1) is 5.69 Å². The molecule has 0 fully saturated rings. The van der Waals surface area contributed by atoms with Gasteiger partial charge in [0.1, 0.15) is 6.54 Å². The number of hydrogen-bond donors (Lipinski definition) is 1. The first-order chi connectivity index (χ1) is 12.8. The average Bonchev–Trinajstić information content (AvgIpc) is 2.62. The van der Waals surface area contributed by atoms with E-state index in [1.807, 2.05) is 64.1 Å². The van der Waals surface area contributed by atoms with Gasteiger partial charge in [0.2, 0.25) is 5.91 Å². The lowest BCUT2D eigenvalue weighted by Crippen LogP contribution is -2.29. The highest BCUT2D eigenvalue weighted by molar-refractivity contribution is 5.92. The number of rotatable bonds is 4. The fraction of sp³-hybridized carbons (Fsp3) is 0.227. The topological polar surface area (TPSA) is 64.0 Å². The Bertz CT molecular complexity index is 1050. The van der Waals surface area contributed by atoms with Crippen LogP contribution >= 0.6 is 0 Å².